The number of sulfonamides is 1. The van der Waals surface area contributed by atoms with Gasteiger partial charge in [0.2, 0.25) is 15.9 Å². The molecule has 1 aliphatic rings. The molecule has 1 aliphatic heterocycles. The summed E-state index contributed by atoms with van der Waals surface area (Å²) in [5.41, 5.74) is 1.46. The van der Waals surface area contributed by atoms with Crippen LogP contribution in [0.5, 0.6) is 0 Å². The smallest absolute Gasteiger partial charge is 0.339 e. The highest BCUT2D eigenvalue weighted by atomic mass is 32.2. The average molecular weight is 454 g/mol. The van der Waals surface area contributed by atoms with Crippen LogP contribution in [-0.4, -0.2) is 70.2 Å². The third-order valence-corrected chi connectivity index (χ3v) is 8.05. The second-order valence-corrected chi connectivity index (χ2v) is 10.2. The molecule has 164 valence electrons. The van der Waals surface area contributed by atoms with Crippen LogP contribution in [0.15, 0.2) is 33.0 Å². The summed E-state index contributed by atoms with van der Waals surface area (Å²) >= 11 is 1.21. The van der Waals surface area contributed by atoms with Crippen molar-refractivity contribution in [3.63, 3.8) is 0 Å². The van der Waals surface area contributed by atoms with E-state index in [-0.39, 0.29) is 30.4 Å². The van der Waals surface area contributed by atoms with Crippen molar-refractivity contribution in [1.29, 1.82) is 0 Å². The summed E-state index contributed by atoms with van der Waals surface area (Å²) in [7, 11) is -3.59. The quantitative estimate of drug-likeness (QED) is 0.632. The summed E-state index contributed by atoms with van der Waals surface area (Å²) in [6.07, 6.45) is 0.790. The Morgan fingerprint density at radius 2 is 1.90 bits per heavy atom. The fourth-order valence-electron chi connectivity index (χ4n) is 3.46. The molecule has 0 radical (unpaired) electrons. The molecule has 1 amide bonds. The monoisotopic (exact) mass is 453 g/mol. The third kappa shape index (κ3) is 4.79. The number of carbonyl (C=O) groups is 1. The molecular weight excluding hydrogens is 426 g/mol. The maximum atomic E-state index is 13.0. The maximum Gasteiger partial charge on any atom is 0.343 e. The molecule has 1 aromatic heterocycles. The number of hydrogen-bond acceptors (Lipinski definition) is 6. The Morgan fingerprint density at radius 1 is 1.20 bits per heavy atom. The molecule has 1 aromatic carbocycles. The lowest BCUT2D eigenvalue weighted by atomic mass is 10.2. The van der Waals surface area contributed by atoms with Gasteiger partial charge in [-0.2, -0.15) is 4.31 Å². The second kappa shape index (κ2) is 9.36. The SMILES string of the molecule is CCCn1c(SCC(=O)N2CCN(S(=O)(=O)c3ccc(C)cc3C)CC2)n[nH]c1=O. The van der Waals surface area contributed by atoms with Crippen LogP contribution in [0, 0.1) is 13.8 Å². The van der Waals surface area contributed by atoms with Gasteiger partial charge in [0.05, 0.1) is 10.6 Å². The van der Waals surface area contributed by atoms with E-state index in [4.69, 9.17) is 0 Å². The van der Waals surface area contributed by atoms with Gasteiger partial charge in [0.1, 0.15) is 0 Å². The molecule has 11 heteroatoms. The number of rotatable bonds is 7. The number of thioether (sulfide) groups is 1. The predicted molar refractivity (Wildman–Crippen MR) is 115 cm³/mol. The molecule has 0 spiro atoms. The number of aromatic amines is 1. The van der Waals surface area contributed by atoms with Crippen LogP contribution in [0.1, 0.15) is 24.5 Å². The van der Waals surface area contributed by atoms with Gasteiger partial charge < -0.3 is 4.90 Å². The van der Waals surface area contributed by atoms with Gasteiger partial charge in [0.25, 0.3) is 0 Å². The number of H-pyrrole nitrogens is 1. The number of hydrogen-bond donors (Lipinski definition) is 1. The van der Waals surface area contributed by atoms with Crippen molar-refractivity contribution in [2.45, 2.75) is 43.8 Å². The minimum absolute atomic E-state index is 0.0953. The van der Waals surface area contributed by atoms with Gasteiger partial charge in [-0.05, 0) is 31.9 Å². The van der Waals surface area contributed by atoms with Crippen molar-refractivity contribution in [2.75, 3.05) is 31.9 Å². The van der Waals surface area contributed by atoms with E-state index in [1.165, 1.54) is 20.6 Å². The first-order valence-electron chi connectivity index (χ1n) is 9.87. The lowest BCUT2D eigenvalue weighted by Crippen LogP contribution is -2.51. The first-order valence-corrected chi connectivity index (χ1v) is 12.3. The third-order valence-electron chi connectivity index (χ3n) is 5.03. The minimum atomic E-state index is -3.59. The average Bonchev–Trinajstić information content (AvgIpc) is 3.06. The normalized spacial score (nSPS) is 15.5. The second-order valence-electron chi connectivity index (χ2n) is 7.31. The number of nitrogens with zero attached hydrogens (tertiary/aromatic N) is 4. The van der Waals surface area contributed by atoms with Crippen molar-refractivity contribution >= 4 is 27.7 Å². The highest BCUT2D eigenvalue weighted by molar-refractivity contribution is 7.99. The lowest BCUT2D eigenvalue weighted by Gasteiger charge is -2.34. The molecule has 0 unspecified atom stereocenters. The standard InChI is InChI=1S/C19H27N5O4S2/c1-4-7-24-18(26)20-21-19(24)29-13-17(25)22-8-10-23(11-9-22)30(27,28)16-6-5-14(2)12-15(16)3/h5-6,12H,4,7-11,13H2,1-3H3,(H,20,26). The molecule has 1 fully saturated rings. The molecule has 0 atom stereocenters. The molecule has 9 nitrogen and oxygen atoms in total. The van der Waals surface area contributed by atoms with Crippen molar-refractivity contribution < 1.29 is 13.2 Å². The number of benzene rings is 1. The summed E-state index contributed by atoms with van der Waals surface area (Å²) in [6, 6.07) is 5.30. The van der Waals surface area contributed by atoms with Gasteiger partial charge >= 0.3 is 5.69 Å². The largest absolute Gasteiger partial charge is 0.343 e. The maximum absolute atomic E-state index is 13.0. The summed E-state index contributed by atoms with van der Waals surface area (Å²) in [5.74, 6) is 0.0553. The van der Waals surface area contributed by atoms with E-state index >= 15 is 0 Å². The summed E-state index contributed by atoms with van der Waals surface area (Å²) in [6.45, 7) is 7.42. The zero-order valence-electron chi connectivity index (χ0n) is 17.4. The highest BCUT2D eigenvalue weighted by Gasteiger charge is 2.31. The molecule has 1 N–H and O–H groups in total. The van der Waals surface area contributed by atoms with Gasteiger partial charge in [-0.1, -0.05) is 36.4 Å². The van der Waals surface area contributed by atoms with Gasteiger partial charge in [-0.15, -0.1) is 5.10 Å². The van der Waals surface area contributed by atoms with Crippen LogP contribution < -0.4 is 5.69 Å². The van der Waals surface area contributed by atoms with Crippen molar-refractivity contribution in [3.05, 3.63) is 39.8 Å². The van der Waals surface area contributed by atoms with Crippen molar-refractivity contribution in [3.8, 4) is 0 Å². The number of amides is 1. The van der Waals surface area contributed by atoms with Crippen LogP contribution in [-0.2, 0) is 21.4 Å². The Labute approximate surface area is 180 Å². The first-order chi connectivity index (χ1) is 14.2. The molecule has 30 heavy (non-hydrogen) atoms. The number of piperazine rings is 1. The molecule has 0 aliphatic carbocycles. The van der Waals surface area contributed by atoms with E-state index in [0.29, 0.717) is 29.7 Å². The van der Waals surface area contributed by atoms with E-state index in [1.54, 1.807) is 24.0 Å². The number of aromatic nitrogens is 3. The van der Waals surface area contributed by atoms with Crippen LogP contribution in [0.3, 0.4) is 0 Å². The molecule has 1 saturated heterocycles. The topological polar surface area (TPSA) is 108 Å². The van der Waals surface area contributed by atoms with Gasteiger partial charge in [0, 0.05) is 32.7 Å². The lowest BCUT2D eigenvalue weighted by molar-refractivity contribution is -0.129. The Hall–Kier alpha value is -2.11. The highest BCUT2D eigenvalue weighted by Crippen LogP contribution is 2.22. The fourth-order valence-corrected chi connectivity index (χ4v) is 5.96. The summed E-state index contributed by atoms with van der Waals surface area (Å²) < 4.78 is 28.9. The van der Waals surface area contributed by atoms with Gasteiger partial charge in [0.15, 0.2) is 5.16 Å². The van der Waals surface area contributed by atoms with E-state index in [1.807, 2.05) is 19.9 Å². The van der Waals surface area contributed by atoms with Gasteiger partial charge in [-0.3, -0.25) is 9.36 Å². The Morgan fingerprint density at radius 3 is 2.53 bits per heavy atom. The Bertz CT molecular complexity index is 1070. The van der Waals surface area contributed by atoms with Crippen LogP contribution >= 0.6 is 11.8 Å². The molecule has 3 rings (SSSR count). The zero-order valence-corrected chi connectivity index (χ0v) is 19.1. The van der Waals surface area contributed by atoms with Crippen LogP contribution in [0.25, 0.3) is 0 Å². The molecule has 2 aromatic rings. The zero-order chi connectivity index (χ0) is 21.9. The Balaban J connectivity index is 1.58. The molecular formula is C19H27N5O4S2. The fraction of sp³-hybridized carbons (Fsp3) is 0.526. The van der Waals surface area contributed by atoms with Crippen molar-refractivity contribution in [2.24, 2.45) is 0 Å². The summed E-state index contributed by atoms with van der Waals surface area (Å²) in [4.78, 5) is 26.3. The van der Waals surface area contributed by atoms with Crippen LogP contribution in [0.2, 0.25) is 0 Å². The molecule has 0 bridgehead atoms. The number of nitrogens with one attached hydrogen (secondary N) is 1. The van der Waals surface area contributed by atoms with Gasteiger partial charge in [-0.25, -0.2) is 18.3 Å². The summed E-state index contributed by atoms with van der Waals surface area (Å²) in [5, 5.41) is 6.88. The number of aryl methyl sites for hydroxylation is 2. The number of carbonyl (C=O) groups excluding carboxylic acids is 1. The van der Waals surface area contributed by atoms with E-state index in [9.17, 15) is 18.0 Å². The molecule has 2 heterocycles. The molecule has 0 saturated carbocycles. The first kappa shape index (κ1) is 22.6. The van der Waals surface area contributed by atoms with E-state index < -0.39 is 10.0 Å². The van der Waals surface area contributed by atoms with Crippen molar-refractivity contribution in [1.82, 2.24) is 24.0 Å². The Kier molecular flexibility index (Phi) is 7.04. The van der Waals surface area contributed by atoms with E-state index in [0.717, 1.165) is 17.5 Å². The van der Waals surface area contributed by atoms with E-state index in [2.05, 4.69) is 10.2 Å². The van der Waals surface area contributed by atoms with Crippen LogP contribution in [0.4, 0.5) is 0 Å². The minimum Gasteiger partial charge on any atom is -0.339 e. The predicted octanol–water partition coefficient (Wildman–Crippen LogP) is 1.22.